The number of aldehydes is 1. The number of hydrogen-bond acceptors (Lipinski definition) is 3. The average molecular weight is 297 g/mol. The van der Waals surface area contributed by atoms with Crippen LogP contribution in [0, 0.1) is 0 Å². The molecule has 0 bridgehead atoms. The molecule has 1 saturated heterocycles. The van der Waals surface area contributed by atoms with Gasteiger partial charge in [-0.25, -0.2) is 0 Å². The number of amides is 1. The molecule has 0 atom stereocenters. The standard InChI is InChI=1S/C12H13BrN2O2/c1-14-4-5-15(7-12(14)17)11-3-2-9(8-16)6-10(11)13/h2-3,6,8H,4-5,7H2,1H3. The Balaban J connectivity index is 2.23. The molecule has 0 N–H and O–H groups in total. The summed E-state index contributed by atoms with van der Waals surface area (Å²) in [5.74, 6) is 0.114. The molecule has 0 aromatic heterocycles. The second-order valence-electron chi connectivity index (χ2n) is 4.07. The van der Waals surface area contributed by atoms with Crippen molar-refractivity contribution in [3.63, 3.8) is 0 Å². The van der Waals surface area contributed by atoms with E-state index in [1.165, 1.54) is 0 Å². The number of carbonyl (C=O) groups excluding carboxylic acids is 2. The Morgan fingerprint density at radius 3 is 2.71 bits per heavy atom. The van der Waals surface area contributed by atoms with Crippen LogP contribution in [0.15, 0.2) is 22.7 Å². The molecular weight excluding hydrogens is 284 g/mol. The predicted molar refractivity (Wildman–Crippen MR) is 69.4 cm³/mol. The smallest absolute Gasteiger partial charge is 0.241 e. The van der Waals surface area contributed by atoms with Gasteiger partial charge in [-0.05, 0) is 34.1 Å². The quantitative estimate of drug-likeness (QED) is 0.778. The normalized spacial score (nSPS) is 16.2. The van der Waals surface area contributed by atoms with E-state index in [2.05, 4.69) is 15.9 Å². The molecule has 5 heteroatoms. The van der Waals surface area contributed by atoms with E-state index in [9.17, 15) is 9.59 Å². The van der Waals surface area contributed by atoms with Gasteiger partial charge in [0.1, 0.15) is 6.29 Å². The second kappa shape index (κ2) is 4.87. The molecule has 0 spiro atoms. The highest BCUT2D eigenvalue weighted by Crippen LogP contribution is 2.27. The number of piperazine rings is 1. The van der Waals surface area contributed by atoms with Crippen LogP contribution >= 0.6 is 15.9 Å². The Morgan fingerprint density at radius 1 is 1.35 bits per heavy atom. The first-order valence-corrected chi connectivity index (χ1v) is 6.15. The summed E-state index contributed by atoms with van der Waals surface area (Å²) in [6, 6.07) is 5.40. The Hall–Kier alpha value is -1.36. The van der Waals surface area contributed by atoms with Crippen molar-refractivity contribution in [3.8, 4) is 0 Å². The Kier molecular flexibility index (Phi) is 3.47. The molecule has 1 aromatic rings. The van der Waals surface area contributed by atoms with Crippen molar-refractivity contribution in [3.05, 3.63) is 28.2 Å². The lowest BCUT2D eigenvalue weighted by molar-refractivity contribution is -0.129. The zero-order valence-electron chi connectivity index (χ0n) is 9.52. The summed E-state index contributed by atoms with van der Waals surface area (Å²) >= 11 is 3.43. The van der Waals surface area contributed by atoms with Crippen molar-refractivity contribution in [1.82, 2.24) is 4.90 Å². The van der Waals surface area contributed by atoms with Gasteiger partial charge in [-0.3, -0.25) is 9.59 Å². The Bertz CT molecular complexity index is 462. The number of rotatable bonds is 2. The van der Waals surface area contributed by atoms with Gasteiger partial charge in [0.25, 0.3) is 0 Å². The molecule has 1 amide bonds. The van der Waals surface area contributed by atoms with Gasteiger partial charge in [0.15, 0.2) is 0 Å². The number of carbonyl (C=O) groups is 2. The molecule has 90 valence electrons. The summed E-state index contributed by atoms with van der Waals surface area (Å²) in [4.78, 5) is 26.0. The van der Waals surface area contributed by atoms with Crippen molar-refractivity contribution in [2.24, 2.45) is 0 Å². The largest absolute Gasteiger partial charge is 0.360 e. The van der Waals surface area contributed by atoms with Crippen LogP contribution in [0.3, 0.4) is 0 Å². The molecule has 0 radical (unpaired) electrons. The number of hydrogen-bond donors (Lipinski definition) is 0. The third kappa shape index (κ3) is 2.49. The van der Waals surface area contributed by atoms with Crippen LogP contribution in [-0.2, 0) is 4.79 Å². The van der Waals surface area contributed by atoms with Crippen molar-refractivity contribution in [2.45, 2.75) is 0 Å². The van der Waals surface area contributed by atoms with E-state index >= 15 is 0 Å². The number of halogens is 1. The Morgan fingerprint density at radius 2 is 2.12 bits per heavy atom. The number of anilines is 1. The van der Waals surface area contributed by atoms with E-state index in [0.29, 0.717) is 12.1 Å². The summed E-state index contributed by atoms with van der Waals surface area (Å²) < 4.78 is 0.847. The number of likely N-dealkylation sites (N-methyl/N-ethyl adjacent to an activating group) is 1. The molecule has 1 fully saturated rings. The fourth-order valence-corrected chi connectivity index (χ4v) is 2.46. The first-order valence-electron chi connectivity index (χ1n) is 5.35. The zero-order chi connectivity index (χ0) is 12.4. The fraction of sp³-hybridized carbons (Fsp3) is 0.333. The van der Waals surface area contributed by atoms with Crippen molar-refractivity contribution in [2.75, 3.05) is 31.6 Å². The molecule has 17 heavy (non-hydrogen) atoms. The van der Waals surface area contributed by atoms with Gasteiger partial charge in [-0.2, -0.15) is 0 Å². The van der Waals surface area contributed by atoms with Crippen LogP contribution in [0.25, 0.3) is 0 Å². The summed E-state index contributed by atoms with van der Waals surface area (Å²) in [6.45, 7) is 1.91. The number of nitrogens with zero attached hydrogens (tertiary/aromatic N) is 2. The molecule has 1 aromatic carbocycles. The van der Waals surface area contributed by atoms with Crippen LogP contribution in [0.2, 0.25) is 0 Å². The second-order valence-corrected chi connectivity index (χ2v) is 4.92. The SMILES string of the molecule is CN1CCN(c2ccc(C=O)cc2Br)CC1=O. The lowest BCUT2D eigenvalue weighted by Gasteiger charge is -2.34. The minimum atomic E-state index is 0.114. The third-order valence-electron chi connectivity index (χ3n) is 2.91. The summed E-state index contributed by atoms with van der Waals surface area (Å²) in [5.41, 5.74) is 1.58. The van der Waals surface area contributed by atoms with Gasteiger partial charge >= 0.3 is 0 Å². The summed E-state index contributed by atoms with van der Waals surface area (Å²) in [7, 11) is 1.81. The Labute approximate surface area is 108 Å². The highest BCUT2D eigenvalue weighted by Gasteiger charge is 2.22. The lowest BCUT2D eigenvalue weighted by atomic mass is 10.2. The van der Waals surface area contributed by atoms with Crippen molar-refractivity contribution < 1.29 is 9.59 Å². The van der Waals surface area contributed by atoms with Crippen LogP contribution in [-0.4, -0.2) is 43.8 Å². The summed E-state index contributed by atoms with van der Waals surface area (Å²) in [6.07, 6.45) is 0.809. The predicted octanol–water partition coefficient (Wildman–Crippen LogP) is 1.54. The van der Waals surface area contributed by atoms with Gasteiger partial charge in [0.2, 0.25) is 5.91 Å². The summed E-state index contributed by atoms with van der Waals surface area (Å²) in [5, 5.41) is 0. The first-order chi connectivity index (χ1) is 8.11. The van der Waals surface area contributed by atoms with E-state index < -0.39 is 0 Å². The molecule has 1 aliphatic rings. The van der Waals surface area contributed by atoms with Crippen LogP contribution in [0.5, 0.6) is 0 Å². The van der Waals surface area contributed by atoms with E-state index in [1.54, 1.807) is 17.0 Å². The van der Waals surface area contributed by atoms with Gasteiger partial charge < -0.3 is 9.80 Å². The monoisotopic (exact) mass is 296 g/mol. The van der Waals surface area contributed by atoms with Crippen molar-refractivity contribution >= 4 is 33.8 Å². The third-order valence-corrected chi connectivity index (χ3v) is 3.54. The fourth-order valence-electron chi connectivity index (χ4n) is 1.82. The zero-order valence-corrected chi connectivity index (χ0v) is 11.1. The molecule has 0 saturated carbocycles. The van der Waals surface area contributed by atoms with E-state index in [4.69, 9.17) is 0 Å². The maximum Gasteiger partial charge on any atom is 0.241 e. The van der Waals surface area contributed by atoms with Gasteiger partial charge in [-0.15, -0.1) is 0 Å². The van der Waals surface area contributed by atoms with E-state index in [1.807, 2.05) is 18.0 Å². The highest BCUT2D eigenvalue weighted by molar-refractivity contribution is 9.10. The van der Waals surface area contributed by atoms with E-state index in [0.717, 1.165) is 29.5 Å². The maximum absolute atomic E-state index is 11.6. The highest BCUT2D eigenvalue weighted by atomic mass is 79.9. The van der Waals surface area contributed by atoms with Gasteiger partial charge in [0.05, 0.1) is 12.2 Å². The lowest BCUT2D eigenvalue weighted by Crippen LogP contribution is -2.48. The molecule has 1 aliphatic heterocycles. The van der Waals surface area contributed by atoms with Gasteiger partial charge in [-0.1, -0.05) is 0 Å². The van der Waals surface area contributed by atoms with Gasteiger partial charge in [0, 0.05) is 30.2 Å². The molecule has 0 unspecified atom stereocenters. The molecule has 0 aliphatic carbocycles. The number of benzene rings is 1. The van der Waals surface area contributed by atoms with Crippen molar-refractivity contribution in [1.29, 1.82) is 0 Å². The van der Waals surface area contributed by atoms with Crippen LogP contribution in [0.4, 0.5) is 5.69 Å². The first kappa shape index (κ1) is 12.1. The topological polar surface area (TPSA) is 40.6 Å². The molecule has 2 rings (SSSR count). The maximum atomic E-state index is 11.6. The minimum absolute atomic E-state index is 0.114. The minimum Gasteiger partial charge on any atom is -0.360 e. The molecule has 4 nitrogen and oxygen atoms in total. The van der Waals surface area contributed by atoms with Crippen LogP contribution in [0.1, 0.15) is 10.4 Å². The van der Waals surface area contributed by atoms with E-state index in [-0.39, 0.29) is 5.91 Å². The van der Waals surface area contributed by atoms with Crippen LogP contribution < -0.4 is 4.90 Å². The average Bonchev–Trinajstić information content (AvgIpc) is 2.32. The molecular formula is C12H13BrN2O2. The molecule has 1 heterocycles.